The third kappa shape index (κ3) is 4.48. The first-order chi connectivity index (χ1) is 18.3. The number of likely N-dealkylation sites (tertiary alicyclic amines) is 1. The molecule has 6 rings (SSSR count). The molecule has 2 aromatic heterocycles. The van der Waals surface area contributed by atoms with Gasteiger partial charge in [-0.15, -0.1) is 0 Å². The summed E-state index contributed by atoms with van der Waals surface area (Å²) in [7, 11) is 2.05. The highest BCUT2D eigenvalue weighted by Gasteiger charge is 2.51. The molecule has 2 aliphatic heterocycles. The van der Waals surface area contributed by atoms with Gasteiger partial charge in [0, 0.05) is 55.3 Å². The average molecular weight is 530 g/mol. The number of amides is 1. The van der Waals surface area contributed by atoms with Crippen LogP contribution in [0.25, 0.3) is 22.0 Å². The van der Waals surface area contributed by atoms with Gasteiger partial charge in [0.15, 0.2) is 0 Å². The highest BCUT2D eigenvalue weighted by atomic mass is 16.6. The third-order valence-corrected chi connectivity index (χ3v) is 9.10. The van der Waals surface area contributed by atoms with Crippen molar-refractivity contribution in [3.63, 3.8) is 0 Å². The predicted molar refractivity (Wildman–Crippen MR) is 156 cm³/mol. The quantitative estimate of drug-likeness (QED) is 0.395. The van der Waals surface area contributed by atoms with Crippen molar-refractivity contribution in [2.24, 2.45) is 17.9 Å². The number of aryl methyl sites for hydroxylation is 2. The second kappa shape index (κ2) is 8.70. The van der Waals surface area contributed by atoms with Crippen molar-refractivity contribution in [2.45, 2.75) is 79.8 Å². The van der Waals surface area contributed by atoms with Crippen LogP contribution < -0.4 is 4.90 Å². The van der Waals surface area contributed by atoms with Crippen molar-refractivity contribution in [1.29, 1.82) is 0 Å². The molecule has 7 heteroatoms. The second-order valence-electron chi connectivity index (χ2n) is 14.2. The van der Waals surface area contributed by atoms with E-state index in [4.69, 9.17) is 9.72 Å². The smallest absolute Gasteiger partial charge is 0.410 e. The van der Waals surface area contributed by atoms with Crippen molar-refractivity contribution >= 4 is 22.8 Å². The van der Waals surface area contributed by atoms with Crippen LogP contribution >= 0.6 is 0 Å². The van der Waals surface area contributed by atoms with E-state index in [1.807, 2.05) is 36.5 Å². The second-order valence-corrected chi connectivity index (χ2v) is 14.2. The zero-order valence-corrected chi connectivity index (χ0v) is 24.9. The topological polar surface area (TPSA) is 63.5 Å². The van der Waals surface area contributed by atoms with Crippen LogP contribution in [0.2, 0.25) is 0 Å². The van der Waals surface area contributed by atoms with E-state index < -0.39 is 5.60 Å². The lowest BCUT2D eigenvalue weighted by molar-refractivity contribution is -0.0266. The van der Waals surface area contributed by atoms with E-state index in [1.165, 1.54) is 50.8 Å². The number of carbonyl (C=O) groups excluding carboxylic acids is 1. The average Bonchev–Trinajstić information content (AvgIpc) is 3.42. The summed E-state index contributed by atoms with van der Waals surface area (Å²) >= 11 is 0. The Labute approximate surface area is 232 Å². The van der Waals surface area contributed by atoms with Gasteiger partial charge in [-0.2, -0.15) is 5.10 Å². The monoisotopic (exact) mass is 529 g/mol. The fraction of sp³-hybridized carbons (Fsp3) is 0.594. The molecular weight excluding hydrogens is 486 g/mol. The zero-order chi connectivity index (χ0) is 27.9. The summed E-state index contributed by atoms with van der Waals surface area (Å²) in [5.74, 6) is 1.12. The van der Waals surface area contributed by atoms with E-state index in [9.17, 15) is 4.79 Å². The first kappa shape index (κ1) is 26.1. The largest absolute Gasteiger partial charge is 0.444 e. The molecule has 2 saturated heterocycles. The van der Waals surface area contributed by atoms with Crippen molar-refractivity contribution in [3.05, 3.63) is 40.7 Å². The molecule has 39 heavy (non-hydrogen) atoms. The van der Waals surface area contributed by atoms with E-state index in [1.54, 1.807) is 0 Å². The summed E-state index contributed by atoms with van der Waals surface area (Å²) in [6.07, 6.45) is 6.06. The van der Waals surface area contributed by atoms with Gasteiger partial charge in [0.1, 0.15) is 11.4 Å². The number of anilines is 1. The van der Waals surface area contributed by atoms with Crippen LogP contribution in [0.15, 0.2) is 18.3 Å². The molecule has 208 valence electrons. The van der Waals surface area contributed by atoms with Gasteiger partial charge in [-0.1, -0.05) is 26.0 Å². The Balaban J connectivity index is 1.39. The molecule has 4 heterocycles. The highest BCUT2D eigenvalue weighted by molar-refractivity contribution is 5.98. The molecule has 2 fully saturated rings. The molecule has 1 aliphatic carbocycles. The van der Waals surface area contributed by atoms with Gasteiger partial charge in [-0.25, -0.2) is 9.78 Å². The summed E-state index contributed by atoms with van der Waals surface area (Å²) in [5, 5.41) is 5.80. The summed E-state index contributed by atoms with van der Waals surface area (Å²) in [6, 6.07) is 4.42. The Hall–Kier alpha value is -3.09. The van der Waals surface area contributed by atoms with E-state index in [0.29, 0.717) is 0 Å². The van der Waals surface area contributed by atoms with Crippen LogP contribution in [0.4, 0.5) is 10.6 Å². The summed E-state index contributed by atoms with van der Waals surface area (Å²) in [4.78, 5) is 22.4. The lowest BCUT2D eigenvalue weighted by Gasteiger charge is -2.47. The van der Waals surface area contributed by atoms with Crippen LogP contribution in [-0.4, -0.2) is 57.5 Å². The minimum Gasteiger partial charge on any atom is -0.444 e. The number of hydrogen-bond donors (Lipinski definition) is 0. The number of rotatable bonds is 2. The summed E-state index contributed by atoms with van der Waals surface area (Å²) in [5.41, 5.74) is 8.99. The standard InChI is InChI=1S/C32H43N5O2/c1-20-9-10-22-16-33-35(8)27(22)25(20)26-21(2)28(34-24-15-31(6,7)12-11-23(24)26)36-14-13-32(17-36)18-37(19-32)29(38)39-30(3,4)5/h9-10,16H,11-15,17-19H2,1-8H3. The first-order valence-corrected chi connectivity index (χ1v) is 14.4. The maximum atomic E-state index is 12.6. The fourth-order valence-corrected chi connectivity index (χ4v) is 7.10. The fourth-order valence-electron chi connectivity index (χ4n) is 7.10. The number of fused-ring (bicyclic) bond motifs is 2. The molecule has 0 unspecified atom stereocenters. The zero-order valence-electron chi connectivity index (χ0n) is 24.9. The molecule has 0 bridgehead atoms. The Kier molecular flexibility index (Phi) is 5.84. The lowest BCUT2D eigenvalue weighted by atomic mass is 9.73. The normalized spacial score (nSPS) is 19.9. The van der Waals surface area contributed by atoms with Crippen LogP contribution in [-0.2, 0) is 24.6 Å². The Morgan fingerprint density at radius 3 is 2.51 bits per heavy atom. The maximum absolute atomic E-state index is 12.6. The van der Waals surface area contributed by atoms with Crippen molar-refractivity contribution in [2.75, 3.05) is 31.1 Å². The highest BCUT2D eigenvalue weighted by Crippen LogP contribution is 2.47. The molecule has 0 radical (unpaired) electrons. The van der Waals surface area contributed by atoms with E-state index in [-0.39, 0.29) is 16.9 Å². The Bertz CT molecular complexity index is 1470. The van der Waals surface area contributed by atoms with Gasteiger partial charge >= 0.3 is 6.09 Å². The Morgan fingerprint density at radius 2 is 1.79 bits per heavy atom. The first-order valence-electron chi connectivity index (χ1n) is 14.4. The number of aromatic nitrogens is 3. The maximum Gasteiger partial charge on any atom is 0.410 e. The van der Waals surface area contributed by atoms with E-state index in [2.05, 4.69) is 56.9 Å². The van der Waals surface area contributed by atoms with Crippen LogP contribution in [0.1, 0.15) is 69.8 Å². The summed E-state index contributed by atoms with van der Waals surface area (Å²) < 4.78 is 7.65. The van der Waals surface area contributed by atoms with Gasteiger partial charge in [-0.3, -0.25) is 4.68 Å². The van der Waals surface area contributed by atoms with Crippen LogP contribution in [0, 0.1) is 24.7 Å². The molecule has 0 atom stereocenters. The van der Waals surface area contributed by atoms with Crippen LogP contribution in [0.3, 0.4) is 0 Å². The molecule has 1 aromatic carbocycles. The lowest BCUT2D eigenvalue weighted by Crippen LogP contribution is -2.60. The van der Waals surface area contributed by atoms with Crippen molar-refractivity contribution in [3.8, 4) is 11.1 Å². The minimum absolute atomic E-state index is 0.123. The SMILES string of the molecule is Cc1ccc2cnn(C)c2c1-c1c(C)c(N2CCC3(CN(C(=O)OC(C)(C)C)C3)C2)nc2c1CCC(C)(C)C2. The van der Waals surface area contributed by atoms with Gasteiger partial charge in [0.05, 0.1) is 11.7 Å². The molecular formula is C32H43N5O2. The summed E-state index contributed by atoms with van der Waals surface area (Å²) in [6.45, 7) is 18.4. The number of nitrogens with zero attached hydrogens (tertiary/aromatic N) is 5. The van der Waals surface area contributed by atoms with Crippen LogP contribution in [0.5, 0.6) is 0 Å². The van der Waals surface area contributed by atoms with Gasteiger partial charge in [0.25, 0.3) is 0 Å². The molecule has 7 nitrogen and oxygen atoms in total. The molecule has 0 saturated carbocycles. The number of benzene rings is 1. The number of carbonyl (C=O) groups is 1. The molecule has 1 spiro atoms. The van der Waals surface area contributed by atoms with Crippen molar-refractivity contribution in [1.82, 2.24) is 19.7 Å². The number of hydrogen-bond acceptors (Lipinski definition) is 5. The van der Waals surface area contributed by atoms with Crippen molar-refractivity contribution < 1.29 is 9.53 Å². The molecule has 1 amide bonds. The van der Waals surface area contributed by atoms with Gasteiger partial charge < -0.3 is 14.5 Å². The number of ether oxygens (including phenoxy) is 1. The molecule has 3 aromatic rings. The minimum atomic E-state index is -0.468. The third-order valence-electron chi connectivity index (χ3n) is 9.10. The van der Waals surface area contributed by atoms with Gasteiger partial charge in [-0.05, 0) is 88.0 Å². The molecule has 0 N–H and O–H groups in total. The number of pyridine rings is 1. The Morgan fingerprint density at radius 1 is 1.05 bits per heavy atom. The predicted octanol–water partition coefficient (Wildman–Crippen LogP) is 6.21. The van der Waals surface area contributed by atoms with E-state index >= 15 is 0 Å². The van der Waals surface area contributed by atoms with E-state index in [0.717, 1.165) is 51.3 Å². The molecule has 3 aliphatic rings. The van der Waals surface area contributed by atoms with Gasteiger partial charge in [0.2, 0.25) is 0 Å².